The van der Waals surface area contributed by atoms with Crippen LogP contribution in [0.4, 0.5) is 4.39 Å². The highest BCUT2D eigenvalue weighted by Gasteiger charge is 2.00. The van der Waals surface area contributed by atoms with E-state index in [1.165, 1.54) is 17.7 Å². The molecule has 3 N–H and O–H groups in total. The predicted molar refractivity (Wildman–Crippen MR) is 122 cm³/mol. The molecule has 0 aliphatic carbocycles. The van der Waals surface area contributed by atoms with Gasteiger partial charge in [0.05, 0.1) is 11.5 Å². The number of rotatable bonds is 7. The summed E-state index contributed by atoms with van der Waals surface area (Å²) >= 11 is 0. The summed E-state index contributed by atoms with van der Waals surface area (Å²) < 4.78 is 12.8. The van der Waals surface area contributed by atoms with Crippen LogP contribution in [0.5, 0.6) is 0 Å². The maximum Gasteiger partial charge on any atom is 0.123 e. The number of aliphatic hydroxyl groups is 1. The second-order valence-corrected chi connectivity index (χ2v) is 6.14. The molecule has 0 bridgehead atoms. The predicted octanol–water partition coefficient (Wildman–Crippen LogP) is 5.76. The Kier molecular flexibility index (Phi) is 15.2. The quantitative estimate of drug-likeness (QED) is 0.315. The van der Waals surface area contributed by atoms with Crippen molar-refractivity contribution >= 4 is 5.70 Å². The Hall–Kier alpha value is -3.08. The van der Waals surface area contributed by atoms with Crippen LogP contribution in [0.15, 0.2) is 79.5 Å². The summed E-state index contributed by atoms with van der Waals surface area (Å²) in [5.74, 6) is 0.191. The van der Waals surface area contributed by atoms with Gasteiger partial charge in [-0.1, -0.05) is 13.0 Å². The van der Waals surface area contributed by atoms with Crippen molar-refractivity contribution in [3.63, 3.8) is 0 Å². The minimum Gasteiger partial charge on any atom is -0.513 e. The molecule has 0 fully saturated rings. The van der Waals surface area contributed by atoms with Crippen molar-refractivity contribution in [3.8, 4) is 0 Å². The number of allylic oxidation sites excluding steroid dienone is 2. The molecule has 0 atom stereocenters. The van der Waals surface area contributed by atoms with Gasteiger partial charge in [-0.05, 0) is 80.3 Å². The standard InChI is InChI=1S/C13H17FN2.C6H7N.C5H10O/c1-3-4-9-16-13(10-15-2)11-5-7-12(14)8-6-11;1-6-2-4-7-5-3-6;1-3-4-5(2)6/h3,5-8,10,15-16H,1,4,9H2,2H3;2-5H,1H3;4,6H,3H2,1-2H3/b13-10-;;5-4+. The van der Waals surface area contributed by atoms with Crippen molar-refractivity contribution in [2.45, 2.75) is 33.6 Å². The number of aryl methyl sites for hydroxylation is 1. The van der Waals surface area contributed by atoms with Crippen LogP contribution < -0.4 is 10.6 Å². The van der Waals surface area contributed by atoms with Gasteiger partial charge >= 0.3 is 0 Å². The van der Waals surface area contributed by atoms with Gasteiger partial charge in [-0.2, -0.15) is 0 Å². The number of nitrogens with one attached hydrogen (secondary N) is 2. The molecule has 158 valence electrons. The van der Waals surface area contributed by atoms with Gasteiger partial charge in [0.2, 0.25) is 0 Å². The van der Waals surface area contributed by atoms with Gasteiger partial charge in [0.25, 0.3) is 0 Å². The first-order chi connectivity index (χ1) is 13.9. The Morgan fingerprint density at radius 3 is 2.17 bits per heavy atom. The summed E-state index contributed by atoms with van der Waals surface area (Å²) in [4.78, 5) is 3.85. The fourth-order valence-electron chi connectivity index (χ4n) is 2.04. The van der Waals surface area contributed by atoms with Crippen molar-refractivity contribution in [3.05, 3.63) is 96.4 Å². The molecule has 0 saturated carbocycles. The lowest BCUT2D eigenvalue weighted by atomic mass is 10.1. The molecule has 2 aromatic rings. The monoisotopic (exact) mass is 399 g/mol. The van der Waals surface area contributed by atoms with Crippen LogP contribution in [0.3, 0.4) is 0 Å². The summed E-state index contributed by atoms with van der Waals surface area (Å²) in [6, 6.07) is 10.3. The number of hydrogen-bond acceptors (Lipinski definition) is 4. The van der Waals surface area contributed by atoms with E-state index in [1.807, 2.05) is 45.3 Å². The largest absolute Gasteiger partial charge is 0.513 e. The fraction of sp³-hybridized carbons (Fsp3) is 0.292. The highest BCUT2D eigenvalue weighted by molar-refractivity contribution is 5.63. The third kappa shape index (κ3) is 14.6. The summed E-state index contributed by atoms with van der Waals surface area (Å²) in [5, 5.41) is 14.6. The van der Waals surface area contributed by atoms with Gasteiger partial charge in [0.1, 0.15) is 5.82 Å². The van der Waals surface area contributed by atoms with E-state index in [1.54, 1.807) is 37.5 Å². The zero-order chi connectivity index (χ0) is 21.9. The second-order valence-electron chi connectivity index (χ2n) is 6.14. The molecule has 4 nitrogen and oxygen atoms in total. The first-order valence-corrected chi connectivity index (χ1v) is 9.65. The molecule has 0 aliphatic rings. The van der Waals surface area contributed by atoms with E-state index < -0.39 is 0 Å². The van der Waals surface area contributed by atoms with Gasteiger partial charge in [0.15, 0.2) is 0 Å². The molecule has 0 spiro atoms. The molecule has 0 unspecified atom stereocenters. The van der Waals surface area contributed by atoms with Crippen molar-refractivity contribution in [1.82, 2.24) is 15.6 Å². The van der Waals surface area contributed by atoms with Gasteiger partial charge in [0, 0.05) is 32.2 Å². The van der Waals surface area contributed by atoms with Crippen molar-refractivity contribution in [1.29, 1.82) is 0 Å². The van der Waals surface area contributed by atoms with Crippen LogP contribution in [-0.2, 0) is 0 Å². The molecule has 29 heavy (non-hydrogen) atoms. The topological polar surface area (TPSA) is 57.2 Å². The van der Waals surface area contributed by atoms with E-state index in [0.29, 0.717) is 5.76 Å². The summed E-state index contributed by atoms with van der Waals surface area (Å²) in [5.41, 5.74) is 3.17. The van der Waals surface area contributed by atoms with Crippen molar-refractivity contribution < 1.29 is 9.50 Å². The van der Waals surface area contributed by atoms with Crippen LogP contribution in [0.1, 0.15) is 37.8 Å². The number of pyridine rings is 1. The summed E-state index contributed by atoms with van der Waals surface area (Å²) in [6.07, 6.45) is 10.9. The minimum atomic E-state index is -0.223. The van der Waals surface area contributed by atoms with E-state index in [2.05, 4.69) is 22.2 Å². The Balaban J connectivity index is 0.000000495. The molecule has 1 heterocycles. The Bertz CT molecular complexity index is 722. The molecular formula is C24H34FN3O. The highest BCUT2D eigenvalue weighted by atomic mass is 19.1. The maximum absolute atomic E-state index is 12.8. The number of aromatic nitrogens is 1. The zero-order valence-electron chi connectivity index (χ0n) is 18.0. The van der Waals surface area contributed by atoms with Crippen LogP contribution in [0.25, 0.3) is 5.70 Å². The number of hydrogen-bond donors (Lipinski definition) is 3. The highest BCUT2D eigenvalue weighted by Crippen LogP contribution is 2.11. The van der Waals surface area contributed by atoms with Gasteiger partial charge in [-0.25, -0.2) is 4.39 Å². The fourth-order valence-corrected chi connectivity index (χ4v) is 2.04. The van der Waals surface area contributed by atoms with Crippen LogP contribution in [0, 0.1) is 12.7 Å². The average Bonchev–Trinajstić information content (AvgIpc) is 2.70. The minimum absolute atomic E-state index is 0.223. The molecule has 0 amide bonds. The van der Waals surface area contributed by atoms with E-state index in [0.717, 1.165) is 30.6 Å². The lowest BCUT2D eigenvalue weighted by molar-refractivity contribution is 0.412. The summed E-state index contributed by atoms with van der Waals surface area (Å²) in [7, 11) is 1.83. The second kappa shape index (κ2) is 17.0. The third-order valence-electron chi connectivity index (χ3n) is 3.45. The van der Waals surface area contributed by atoms with Crippen LogP contribution in [0.2, 0.25) is 0 Å². The lowest BCUT2D eigenvalue weighted by Gasteiger charge is -2.10. The number of benzene rings is 1. The normalized spacial score (nSPS) is 10.7. The van der Waals surface area contributed by atoms with Gasteiger partial charge in [-0.15, -0.1) is 6.58 Å². The maximum atomic E-state index is 12.8. The molecular weight excluding hydrogens is 365 g/mol. The average molecular weight is 400 g/mol. The zero-order valence-corrected chi connectivity index (χ0v) is 18.0. The smallest absolute Gasteiger partial charge is 0.123 e. The molecule has 0 aliphatic heterocycles. The SMILES string of the molecule is C=CCCN/C(=C\NC)c1ccc(F)cc1.CC/C=C(\C)O.Cc1ccncc1. The van der Waals surface area contributed by atoms with Crippen LogP contribution >= 0.6 is 0 Å². The molecule has 0 saturated heterocycles. The van der Waals surface area contributed by atoms with E-state index in [4.69, 9.17) is 5.11 Å². The van der Waals surface area contributed by atoms with E-state index >= 15 is 0 Å². The Labute approximate surface area is 174 Å². The lowest BCUT2D eigenvalue weighted by Crippen LogP contribution is -2.15. The number of nitrogens with zero attached hydrogens (tertiary/aromatic N) is 1. The molecule has 1 aromatic heterocycles. The summed E-state index contributed by atoms with van der Waals surface area (Å²) in [6.45, 7) is 10.2. The number of halogens is 1. The van der Waals surface area contributed by atoms with E-state index in [-0.39, 0.29) is 5.82 Å². The third-order valence-corrected chi connectivity index (χ3v) is 3.45. The molecule has 0 radical (unpaired) electrons. The first kappa shape index (κ1) is 25.9. The first-order valence-electron chi connectivity index (χ1n) is 9.65. The van der Waals surface area contributed by atoms with Gasteiger partial charge < -0.3 is 15.7 Å². The van der Waals surface area contributed by atoms with Crippen molar-refractivity contribution in [2.75, 3.05) is 13.6 Å². The van der Waals surface area contributed by atoms with Gasteiger partial charge in [-0.3, -0.25) is 4.98 Å². The Morgan fingerprint density at radius 1 is 1.17 bits per heavy atom. The molecule has 5 heteroatoms. The Morgan fingerprint density at radius 2 is 1.79 bits per heavy atom. The van der Waals surface area contributed by atoms with E-state index in [9.17, 15) is 4.39 Å². The van der Waals surface area contributed by atoms with Crippen molar-refractivity contribution in [2.24, 2.45) is 0 Å². The number of aliphatic hydroxyl groups excluding tert-OH is 1. The van der Waals surface area contributed by atoms with Crippen LogP contribution in [-0.4, -0.2) is 23.7 Å². The molecule has 2 rings (SSSR count). The molecule has 1 aromatic carbocycles.